The van der Waals surface area contributed by atoms with Crippen molar-refractivity contribution in [2.24, 2.45) is 5.92 Å². The van der Waals surface area contributed by atoms with Crippen molar-refractivity contribution >= 4 is 16.9 Å². The smallest absolute Gasteiger partial charge is 0.335 e. The summed E-state index contributed by atoms with van der Waals surface area (Å²) in [5.74, 6) is -0.592. The number of pyridine rings is 1. The number of rotatable bonds is 4. The van der Waals surface area contributed by atoms with Gasteiger partial charge in [-0.15, -0.1) is 0 Å². The molecule has 1 aromatic heterocycles. The van der Waals surface area contributed by atoms with Gasteiger partial charge in [-0.3, -0.25) is 4.79 Å². The van der Waals surface area contributed by atoms with E-state index in [1.54, 1.807) is 22.8 Å². The topological polar surface area (TPSA) is 59.3 Å². The van der Waals surface area contributed by atoms with Crippen molar-refractivity contribution in [3.63, 3.8) is 0 Å². The van der Waals surface area contributed by atoms with Crippen LogP contribution >= 0.6 is 0 Å². The monoisotopic (exact) mass is 273 g/mol. The first kappa shape index (κ1) is 14.3. The molecule has 2 rings (SSSR count). The summed E-state index contributed by atoms with van der Waals surface area (Å²) in [7, 11) is 0. The lowest BCUT2D eigenvalue weighted by Gasteiger charge is -2.16. The highest BCUT2D eigenvalue weighted by atomic mass is 16.4. The second-order valence-corrected chi connectivity index (χ2v) is 5.41. The summed E-state index contributed by atoms with van der Waals surface area (Å²) >= 11 is 0. The highest BCUT2D eigenvalue weighted by molar-refractivity contribution is 5.94. The SMILES string of the molecule is CCc1cc(C(=O)O)cc2ccc(=O)n(CC(C)C)c12. The molecule has 1 aromatic carbocycles. The maximum atomic E-state index is 12.1. The number of aromatic nitrogens is 1. The Balaban J connectivity index is 2.82. The van der Waals surface area contributed by atoms with Crippen LogP contribution in [-0.2, 0) is 13.0 Å². The first-order valence-electron chi connectivity index (χ1n) is 6.83. The highest BCUT2D eigenvalue weighted by Crippen LogP contribution is 2.21. The average Bonchev–Trinajstić information content (AvgIpc) is 2.40. The minimum atomic E-state index is -0.941. The summed E-state index contributed by atoms with van der Waals surface area (Å²) in [5, 5.41) is 9.97. The zero-order valence-electron chi connectivity index (χ0n) is 12.0. The maximum absolute atomic E-state index is 12.1. The van der Waals surface area contributed by atoms with Gasteiger partial charge in [-0.25, -0.2) is 4.79 Å². The summed E-state index contributed by atoms with van der Waals surface area (Å²) in [6.07, 6.45) is 0.694. The molecule has 4 heteroatoms. The number of benzene rings is 1. The Hall–Kier alpha value is -2.10. The van der Waals surface area contributed by atoms with Crippen LogP contribution < -0.4 is 5.56 Å². The molecule has 0 aliphatic carbocycles. The van der Waals surface area contributed by atoms with Gasteiger partial charge < -0.3 is 9.67 Å². The van der Waals surface area contributed by atoms with Gasteiger partial charge in [0.15, 0.2) is 0 Å². The molecular formula is C16H19NO3. The predicted molar refractivity (Wildman–Crippen MR) is 79.4 cm³/mol. The molecule has 0 aliphatic heterocycles. The number of nitrogens with zero attached hydrogens (tertiary/aromatic N) is 1. The van der Waals surface area contributed by atoms with Crippen molar-refractivity contribution in [1.29, 1.82) is 0 Å². The molecule has 0 spiro atoms. The normalized spacial score (nSPS) is 11.2. The van der Waals surface area contributed by atoms with Crippen LogP contribution in [0.5, 0.6) is 0 Å². The Morgan fingerprint density at radius 1 is 1.30 bits per heavy atom. The number of aromatic carboxylic acids is 1. The van der Waals surface area contributed by atoms with E-state index in [-0.39, 0.29) is 11.1 Å². The fourth-order valence-corrected chi connectivity index (χ4v) is 2.48. The Morgan fingerprint density at radius 2 is 2.00 bits per heavy atom. The molecule has 2 aromatic rings. The molecule has 0 fully saturated rings. The van der Waals surface area contributed by atoms with Gasteiger partial charge in [0.2, 0.25) is 0 Å². The Labute approximate surface area is 117 Å². The molecule has 0 saturated carbocycles. The summed E-state index contributed by atoms with van der Waals surface area (Å²) < 4.78 is 1.75. The molecule has 1 N–H and O–H groups in total. The molecule has 20 heavy (non-hydrogen) atoms. The van der Waals surface area contributed by atoms with E-state index in [9.17, 15) is 9.59 Å². The zero-order valence-corrected chi connectivity index (χ0v) is 12.0. The van der Waals surface area contributed by atoms with E-state index in [0.717, 1.165) is 16.5 Å². The largest absolute Gasteiger partial charge is 0.478 e. The first-order chi connectivity index (χ1) is 9.43. The van der Waals surface area contributed by atoms with Crippen molar-refractivity contribution in [3.8, 4) is 0 Å². The van der Waals surface area contributed by atoms with E-state index in [0.29, 0.717) is 18.9 Å². The fourth-order valence-electron chi connectivity index (χ4n) is 2.48. The number of carboxylic acids is 1. The van der Waals surface area contributed by atoms with Crippen LogP contribution in [0, 0.1) is 5.92 Å². The molecule has 0 amide bonds. The zero-order chi connectivity index (χ0) is 14.9. The van der Waals surface area contributed by atoms with Crippen LogP contribution in [0.15, 0.2) is 29.1 Å². The van der Waals surface area contributed by atoms with Crippen LogP contribution in [0.2, 0.25) is 0 Å². The number of hydrogen-bond acceptors (Lipinski definition) is 2. The molecule has 4 nitrogen and oxygen atoms in total. The minimum absolute atomic E-state index is 0.0380. The number of hydrogen-bond donors (Lipinski definition) is 1. The third kappa shape index (κ3) is 2.59. The summed E-state index contributed by atoms with van der Waals surface area (Å²) in [5.41, 5.74) is 1.99. The third-order valence-electron chi connectivity index (χ3n) is 3.34. The molecule has 1 heterocycles. The van der Waals surface area contributed by atoms with E-state index in [1.807, 2.05) is 6.92 Å². The lowest BCUT2D eigenvalue weighted by molar-refractivity contribution is 0.0697. The molecule has 0 saturated heterocycles. The van der Waals surface area contributed by atoms with Gasteiger partial charge in [0.05, 0.1) is 11.1 Å². The van der Waals surface area contributed by atoms with Crippen LogP contribution in [0.4, 0.5) is 0 Å². The van der Waals surface area contributed by atoms with Gasteiger partial charge in [-0.1, -0.05) is 20.8 Å². The number of carbonyl (C=O) groups is 1. The average molecular weight is 273 g/mol. The second-order valence-electron chi connectivity index (χ2n) is 5.41. The summed E-state index contributed by atoms with van der Waals surface area (Å²) in [6.45, 7) is 6.72. The van der Waals surface area contributed by atoms with Gasteiger partial charge in [0.1, 0.15) is 0 Å². The molecule has 0 radical (unpaired) electrons. The van der Waals surface area contributed by atoms with Crippen LogP contribution in [-0.4, -0.2) is 15.6 Å². The van der Waals surface area contributed by atoms with Crippen LogP contribution in [0.25, 0.3) is 10.9 Å². The molecule has 0 aliphatic rings. The van der Waals surface area contributed by atoms with Gasteiger partial charge in [-0.05, 0) is 41.5 Å². The number of fused-ring (bicyclic) bond motifs is 1. The van der Waals surface area contributed by atoms with Gasteiger partial charge in [0, 0.05) is 12.6 Å². The van der Waals surface area contributed by atoms with Crippen molar-refractivity contribution < 1.29 is 9.90 Å². The molecule has 0 unspecified atom stereocenters. The quantitative estimate of drug-likeness (QED) is 0.931. The molecular weight excluding hydrogens is 254 g/mol. The van der Waals surface area contributed by atoms with E-state index in [4.69, 9.17) is 5.11 Å². The van der Waals surface area contributed by atoms with E-state index < -0.39 is 5.97 Å². The lowest BCUT2D eigenvalue weighted by Crippen LogP contribution is -2.22. The van der Waals surface area contributed by atoms with E-state index in [2.05, 4.69) is 13.8 Å². The summed E-state index contributed by atoms with van der Waals surface area (Å²) in [6, 6.07) is 6.52. The third-order valence-corrected chi connectivity index (χ3v) is 3.34. The summed E-state index contributed by atoms with van der Waals surface area (Å²) in [4.78, 5) is 23.3. The molecule has 0 atom stereocenters. The minimum Gasteiger partial charge on any atom is -0.478 e. The fraction of sp³-hybridized carbons (Fsp3) is 0.375. The molecule has 106 valence electrons. The number of aryl methyl sites for hydroxylation is 1. The second kappa shape index (κ2) is 5.49. The predicted octanol–water partition coefficient (Wildman–Crippen LogP) is 2.92. The first-order valence-corrected chi connectivity index (χ1v) is 6.83. The van der Waals surface area contributed by atoms with Gasteiger partial charge in [-0.2, -0.15) is 0 Å². The Morgan fingerprint density at radius 3 is 2.55 bits per heavy atom. The number of carboxylic acid groups (broad SMARTS) is 1. The van der Waals surface area contributed by atoms with Crippen molar-refractivity contribution in [2.75, 3.05) is 0 Å². The van der Waals surface area contributed by atoms with E-state index >= 15 is 0 Å². The Kier molecular flexibility index (Phi) is 3.93. The van der Waals surface area contributed by atoms with Crippen molar-refractivity contribution in [2.45, 2.75) is 33.7 Å². The Bertz CT molecular complexity index is 713. The highest BCUT2D eigenvalue weighted by Gasteiger charge is 2.12. The van der Waals surface area contributed by atoms with E-state index in [1.165, 1.54) is 6.07 Å². The van der Waals surface area contributed by atoms with Gasteiger partial charge >= 0.3 is 5.97 Å². The van der Waals surface area contributed by atoms with Crippen LogP contribution in [0.1, 0.15) is 36.7 Å². The van der Waals surface area contributed by atoms with Crippen LogP contribution in [0.3, 0.4) is 0 Å². The van der Waals surface area contributed by atoms with Crippen molar-refractivity contribution in [3.05, 3.63) is 45.7 Å². The molecule has 0 bridgehead atoms. The van der Waals surface area contributed by atoms with Crippen molar-refractivity contribution in [1.82, 2.24) is 4.57 Å². The van der Waals surface area contributed by atoms with Gasteiger partial charge in [0.25, 0.3) is 5.56 Å². The standard InChI is InChI=1S/C16H19NO3/c1-4-11-7-13(16(19)20)8-12-5-6-14(18)17(15(11)12)9-10(2)3/h5-8,10H,4,9H2,1-3H3,(H,19,20). The lowest BCUT2D eigenvalue weighted by atomic mass is 10.0. The maximum Gasteiger partial charge on any atom is 0.335 e.